The van der Waals surface area contributed by atoms with Gasteiger partial charge in [0.15, 0.2) is 5.41 Å². The highest BCUT2D eigenvalue weighted by Crippen LogP contribution is 2.48. The molecule has 0 aromatic carbocycles. The van der Waals surface area contributed by atoms with E-state index in [1.165, 1.54) is 0 Å². The topological polar surface area (TPSA) is 52.6 Å². The number of rotatable bonds is 0. The molecular formula is C13H11BrO4. The van der Waals surface area contributed by atoms with E-state index in [-0.39, 0.29) is 12.1 Å². The molecule has 3 heterocycles. The fraction of sp³-hybridized carbons (Fsp3) is 0.538. The van der Waals surface area contributed by atoms with Crippen LogP contribution in [0.25, 0.3) is 0 Å². The van der Waals surface area contributed by atoms with Gasteiger partial charge in [-0.3, -0.25) is 9.59 Å². The van der Waals surface area contributed by atoms with Crippen LogP contribution in [0.5, 0.6) is 0 Å². The average molecular weight is 311 g/mol. The largest absolute Gasteiger partial charge is 0.465 e. The van der Waals surface area contributed by atoms with Gasteiger partial charge in [-0.1, -0.05) is 21.9 Å². The molecule has 1 fully saturated rings. The van der Waals surface area contributed by atoms with E-state index < -0.39 is 17.3 Å². The molecule has 18 heavy (non-hydrogen) atoms. The summed E-state index contributed by atoms with van der Waals surface area (Å²) in [7, 11) is 0. The van der Waals surface area contributed by atoms with Crippen LogP contribution in [0.1, 0.15) is 19.3 Å². The van der Waals surface area contributed by atoms with Gasteiger partial charge in [0.1, 0.15) is 6.10 Å². The number of ether oxygens (including phenoxy) is 2. The molecule has 5 heteroatoms. The van der Waals surface area contributed by atoms with Crippen LogP contribution in [-0.2, 0) is 19.1 Å². The second-order valence-electron chi connectivity index (χ2n) is 4.65. The molecule has 94 valence electrons. The molecule has 4 nitrogen and oxygen atoms in total. The summed E-state index contributed by atoms with van der Waals surface area (Å²) in [5, 5.41) is 0. The molecular weight excluding hydrogens is 300 g/mol. The molecule has 0 saturated carbocycles. The lowest BCUT2D eigenvalue weighted by molar-refractivity contribution is -0.177. The van der Waals surface area contributed by atoms with Crippen molar-refractivity contribution in [1.29, 1.82) is 0 Å². The molecule has 0 aromatic heterocycles. The molecule has 3 atom stereocenters. The lowest BCUT2D eigenvalue weighted by Gasteiger charge is -2.43. The number of fused-ring (bicyclic) bond motifs is 1. The lowest BCUT2D eigenvalue weighted by Crippen LogP contribution is -2.53. The maximum absolute atomic E-state index is 12.1. The van der Waals surface area contributed by atoms with Gasteiger partial charge in [-0.25, -0.2) is 0 Å². The van der Waals surface area contributed by atoms with E-state index in [1.807, 2.05) is 0 Å². The summed E-state index contributed by atoms with van der Waals surface area (Å²) >= 11 is 3.38. The first-order valence-corrected chi connectivity index (χ1v) is 6.69. The summed E-state index contributed by atoms with van der Waals surface area (Å²) in [6, 6.07) is 0. The van der Waals surface area contributed by atoms with Crippen molar-refractivity contribution in [2.24, 2.45) is 11.3 Å². The summed E-state index contributed by atoms with van der Waals surface area (Å²) in [6.45, 7) is 0.366. The van der Waals surface area contributed by atoms with E-state index in [1.54, 1.807) is 6.08 Å². The third-order valence-corrected chi connectivity index (χ3v) is 4.27. The van der Waals surface area contributed by atoms with Crippen molar-refractivity contribution in [1.82, 2.24) is 0 Å². The molecule has 0 N–H and O–H groups in total. The number of hydrogen-bond acceptors (Lipinski definition) is 4. The molecule has 1 saturated heterocycles. The van der Waals surface area contributed by atoms with Gasteiger partial charge in [0.05, 0.1) is 12.5 Å². The van der Waals surface area contributed by atoms with Gasteiger partial charge >= 0.3 is 11.9 Å². The standard InChI is InChI=1S/C13H11BrO4/c14-9-7-13-4-2-1-3-5-17-11(15)8(13)6-10(9)18-12(13)16/h7-8,10H,1,3,5-6H2/t8-,10+,13+/m0/s1. The SMILES string of the molecule is O=C1OCCCC#C[C@@]23C=C(Br)[C@@H](C[C@@H]12)OC3=O. The zero-order chi connectivity index (χ0) is 12.8. The van der Waals surface area contributed by atoms with E-state index in [9.17, 15) is 9.59 Å². The van der Waals surface area contributed by atoms with Gasteiger partial charge in [-0.05, 0) is 12.5 Å². The molecule has 0 radical (unpaired) electrons. The van der Waals surface area contributed by atoms with E-state index in [2.05, 4.69) is 27.8 Å². The average Bonchev–Trinajstić information content (AvgIpc) is 2.41. The Kier molecular flexibility index (Phi) is 2.70. The molecule has 4 rings (SSSR count). The Morgan fingerprint density at radius 3 is 3.11 bits per heavy atom. The minimum atomic E-state index is -1.16. The highest BCUT2D eigenvalue weighted by molar-refractivity contribution is 9.11. The third kappa shape index (κ3) is 1.59. The normalized spacial score (nSPS) is 37.9. The highest BCUT2D eigenvalue weighted by Gasteiger charge is 2.58. The predicted molar refractivity (Wildman–Crippen MR) is 65.4 cm³/mol. The molecule has 3 aliphatic heterocycles. The number of carbonyl (C=O) groups excluding carboxylic acids is 2. The summed E-state index contributed by atoms with van der Waals surface area (Å²) in [5.41, 5.74) is -1.16. The molecule has 1 aliphatic carbocycles. The van der Waals surface area contributed by atoms with Crippen molar-refractivity contribution < 1.29 is 19.1 Å². The first-order valence-electron chi connectivity index (χ1n) is 5.89. The molecule has 0 amide bonds. The summed E-state index contributed by atoms with van der Waals surface area (Å²) < 4.78 is 11.3. The summed E-state index contributed by atoms with van der Waals surface area (Å²) in [4.78, 5) is 24.1. The van der Waals surface area contributed by atoms with Crippen LogP contribution < -0.4 is 0 Å². The van der Waals surface area contributed by atoms with Gasteiger partial charge in [-0.15, -0.1) is 5.92 Å². The second-order valence-corrected chi connectivity index (χ2v) is 5.57. The molecule has 2 bridgehead atoms. The Hall–Kier alpha value is -1.28. The summed E-state index contributed by atoms with van der Waals surface area (Å²) in [5.74, 6) is 4.59. The number of esters is 2. The summed E-state index contributed by atoms with van der Waals surface area (Å²) in [6.07, 6.45) is 3.10. The van der Waals surface area contributed by atoms with Crippen molar-refractivity contribution in [2.45, 2.75) is 25.4 Å². The lowest BCUT2D eigenvalue weighted by atomic mass is 9.67. The van der Waals surface area contributed by atoms with Crippen molar-refractivity contribution in [3.8, 4) is 11.8 Å². The van der Waals surface area contributed by atoms with E-state index in [4.69, 9.17) is 9.47 Å². The van der Waals surface area contributed by atoms with Crippen LogP contribution in [0.4, 0.5) is 0 Å². The van der Waals surface area contributed by atoms with Crippen molar-refractivity contribution in [3.05, 3.63) is 10.6 Å². The van der Waals surface area contributed by atoms with Crippen LogP contribution in [-0.4, -0.2) is 24.6 Å². The number of hydrogen-bond donors (Lipinski definition) is 0. The van der Waals surface area contributed by atoms with Crippen molar-refractivity contribution in [3.63, 3.8) is 0 Å². The van der Waals surface area contributed by atoms with E-state index in [0.29, 0.717) is 25.9 Å². The zero-order valence-electron chi connectivity index (χ0n) is 9.57. The first-order chi connectivity index (χ1) is 8.63. The molecule has 0 aromatic rings. The smallest absolute Gasteiger partial charge is 0.329 e. The van der Waals surface area contributed by atoms with Crippen LogP contribution in [0.3, 0.4) is 0 Å². The van der Waals surface area contributed by atoms with Gasteiger partial charge in [0, 0.05) is 17.3 Å². The fourth-order valence-corrected chi connectivity index (χ4v) is 3.20. The highest BCUT2D eigenvalue weighted by atomic mass is 79.9. The van der Waals surface area contributed by atoms with Crippen LogP contribution >= 0.6 is 15.9 Å². The number of halogens is 1. The maximum Gasteiger partial charge on any atom is 0.329 e. The van der Waals surface area contributed by atoms with Gasteiger partial charge in [0.25, 0.3) is 0 Å². The van der Waals surface area contributed by atoms with Gasteiger partial charge < -0.3 is 9.47 Å². The maximum atomic E-state index is 12.1. The minimum absolute atomic E-state index is 0.343. The van der Waals surface area contributed by atoms with Crippen LogP contribution in [0, 0.1) is 23.2 Å². The van der Waals surface area contributed by atoms with E-state index in [0.717, 1.165) is 4.48 Å². The van der Waals surface area contributed by atoms with Crippen LogP contribution in [0.15, 0.2) is 10.6 Å². The number of cyclic esters (lactones) is 1. The fourth-order valence-electron chi connectivity index (χ4n) is 2.55. The zero-order valence-corrected chi connectivity index (χ0v) is 11.2. The quantitative estimate of drug-likeness (QED) is 0.503. The number of carbonyl (C=O) groups is 2. The Balaban J connectivity index is 2.13. The Bertz CT molecular complexity index is 513. The Labute approximate surface area is 113 Å². The monoisotopic (exact) mass is 310 g/mol. The Morgan fingerprint density at radius 2 is 2.28 bits per heavy atom. The predicted octanol–water partition coefficient (Wildman–Crippen LogP) is 1.54. The third-order valence-electron chi connectivity index (χ3n) is 3.53. The minimum Gasteiger partial charge on any atom is -0.465 e. The van der Waals surface area contributed by atoms with Crippen molar-refractivity contribution in [2.75, 3.05) is 6.61 Å². The van der Waals surface area contributed by atoms with Crippen molar-refractivity contribution >= 4 is 27.9 Å². The molecule has 0 unspecified atom stereocenters. The molecule has 4 aliphatic rings. The van der Waals surface area contributed by atoms with E-state index >= 15 is 0 Å². The van der Waals surface area contributed by atoms with Gasteiger partial charge in [-0.2, -0.15) is 0 Å². The first kappa shape index (κ1) is 11.8. The second kappa shape index (κ2) is 4.13. The van der Waals surface area contributed by atoms with Gasteiger partial charge in [0.2, 0.25) is 0 Å². The Morgan fingerprint density at radius 1 is 1.44 bits per heavy atom. The molecule has 1 spiro atoms. The van der Waals surface area contributed by atoms with Crippen LogP contribution in [0.2, 0.25) is 0 Å².